The molecule has 0 aromatic heterocycles. The van der Waals surface area contributed by atoms with Gasteiger partial charge in [-0.15, -0.1) is 24.8 Å². The van der Waals surface area contributed by atoms with Crippen molar-refractivity contribution < 1.29 is 0 Å². The maximum Gasteiger partial charge on any atom is 0.0264 e. The van der Waals surface area contributed by atoms with Gasteiger partial charge in [-0.05, 0) is 23.8 Å². The van der Waals surface area contributed by atoms with E-state index < -0.39 is 0 Å². The molecule has 0 amide bonds. The lowest BCUT2D eigenvalue weighted by atomic mass is 9.59. The smallest absolute Gasteiger partial charge is 0.0264 e. The second-order valence-electron chi connectivity index (χ2n) is 6.01. The molecule has 96 valence electrons. The molecular formula is C11H28Cl2N2. The predicted molar refractivity (Wildman–Crippen MR) is 74.0 cm³/mol. The molecule has 0 radical (unpaired) electrons. The van der Waals surface area contributed by atoms with Crippen LogP contribution in [0, 0.1) is 10.8 Å². The molecular weight excluding hydrogens is 231 g/mol. The van der Waals surface area contributed by atoms with Crippen LogP contribution in [0.3, 0.4) is 0 Å². The fraction of sp³-hybridized carbons (Fsp3) is 1.00. The molecule has 0 fully saturated rings. The van der Waals surface area contributed by atoms with Crippen LogP contribution in [0.5, 0.6) is 0 Å². The van der Waals surface area contributed by atoms with Gasteiger partial charge in [-0.25, -0.2) is 0 Å². The van der Waals surface area contributed by atoms with Crippen LogP contribution in [0.2, 0.25) is 0 Å². The molecule has 2 nitrogen and oxygen atoms in total. The zero-order chi connectivity index (χ0) is 10.9. The molecule has 0 aliphatic heterocycles. The molecule has 4 N–H and O–H groups in total. The van der Waals surface area contributed by atoms with Crippen LogP contribution >= 0.6 is 24.8 Å². The highest BCUT2D eigenvalue weighted by molar-refractivity contribution is 5.85. The summed E-state index contributed by atoms with van der Waals surface area (Å²) >= 11 is 0. The Hall–Kier alpha value is 0.500. The van der Waals surface area contributed by atoms with Gasteiger partial charge >= 0.3 is 0 Å². The summed E-state index contributed by atoms with van der Waals surface area (Å²) in [6.07, 6.45) is 0.875. The van der Waals surface area contributed by atoms with Crippen LogP contribution in [0.25, 0.3) is 0 Å². The average molecular weight is 259 g/mol. The molecule has 0 saturated carbocycles. The predicted octanol–water partition coefficient (Wildman–Crippen LogP) is 2.97. The third-order valence-electron chi connectivity index (χ3n) is 3.22. The molecule has 0 saturated heterocycles. The molecule has 0 atom stereocenters. The van der Waals surface area contributed by atoms with Crippen molar-refractivity contribution in [2.45, 2.75) is 53.5 Å². The summed E-state index contributed by atoms with van der Waals surface area (Å²) in [6.45, 7) is 13.8. The molecule has 0 unspecified atom stereocenters. The van der Waals surface area contributed by atoms with Gasteiger partial charge in [-0.1, -0.05) is 41.5 Å². The second kappa shape index (κ2) is 6.29. The van der Waals surface area contributed by atoms with E-state index in [0.29, 0.717) is 6.54 Å². The average Bonchev–Trinajstić information content (AvgIpc) is 1.82. The summed E-state index contributed by atoms with van der Waals surface area (Å²) in [7, 11) is 0. The molecule has 0 aliphatic rings. The van der Waals surface area contributed by atoms with E-state index in [9.17, 15) is 0 Å². The van der Waals surface area contributed by atoms with E-state index in [-0.39, 0.29) is 41.2 Å². The summed E-state index contributed by atoms with van der Waals surface area (Å²) in [5, 5.41) is 0. The second-order valence-corrected chi connectivity index (χ2v) is 6.01. The first kappa shape index (κ1) is 20.9. The van der Waals surface area contributed by atoms with Crippen molar-refractivity contribution in [1.82, 2.24) is 0 Å². The number of nitrogens with two attached hydrogens (primary N) is 2. The van der Waals surface area contributed by atoms with Gasteiger partial charge < -0.3 is 11.5 Å². The third-order valence-corrected chi connectivity index (χ3v) is 3.22. The highest BCUT2D eigenvalue weighted by Gasteiger charge is 2.46. The minimum absolute atomic E-state index is 0. The van der Waals surface area contributed by atoms with Crippen molar-refractivity contribution in [3.8, 4) is 0 Å². The SMILES string of the molecule is CC(C)(C)C(N)(CCN)C(C)(C)C.Cl.Cl. The van der Waals surface area contributed by atoms with Gasteiger partial charge in [0.15, 0.2) is 0 Å². The summed E-state index contributed by atoms with van der Waals surface area (Å²) in [6, 6.07) is 0. The zero-order valence-corrected chi connectivity index (χ0v) is 12.5. The topological polar surface area (TPSA) is 52.0 Å². The zero-order valence-electron chi connectivity index (χ0n) is 10.9. The van der Waals surface area contributed by atoms with Crippen molar-refractivity contribution in [3.05, 3.63) is 0 Å². The number of hydrogen-bond donors (Lipinski definition) is 2. The first-order chi connectivity index (χ1) is 5.56. The molecule has 0 heterocycles. The molecule has 0 spiro atoms. The van der Waals surface area contributed by atoms with Crippen LogP contribution in [-0.4, -0.2) is 12.1 Å². The first-order valence-corrected chi connectivity index (χ1v) is 5.05. The van der Waals surface area contributed by atoms with Crippen LogP contribution in [-0.2, 0) is 0 Å². The number of halogens is 2. The minimum Gasteiger partial charge on any atom is -0.330 e. The Morgan fingerprint density at radius 3 is 1.13 bits per heavy atom. The van der Waals surface area contributed by atoms with E-state index in [1.807, 2.05) is 0 Å². The quantitative estimate of drug-likeness (QED) is 0.801. The van der Waals surface area contributed by atoms with Gasteiger partial charge in [0, 0.05) is 5.54 Å². The molecule has 15 heavy (non-hydrogen) atoms. The van der Waals surface area contributed by atoms with Crippen molar-refractivity contribution in [2.24, 2.45) is 22.3 Å². The summed E-state index contributed by atoms with van der Waals surface area (Å²) in [4.78, 5) is 0. The molecule has 0 aromatic carbocycles. The molecule has 0 aromatic rings. The Kier molecular flexibility index (Phi) is 8.74. The van der Waals surface area contributed by atoms with E-state index in [1.165, 1.54) is 0 Å². The summed E-state index contributed by atoms with van der Waals surface area (Å²) in [5.74, 6) is 0. The fourth-order valence-electron chi connectivity index (χ4n) is 2.10. The van der Waals surface area contributed by atoms with Crippen molar-refractivity contribution >= 4 is 24.8 Å². The largest absolute Gasteiger partial charge is 0.330 e. The lowest BCUT2D eigenvalue weighted by Gasteiger charge is -2.51. The van der Waals surface area contributed by atoms with Gasteiger partial charge in [-0.2, -0.15) is 0 Å². The third kappa shape index (κ3) is 4.48. The van der Waals surface area contributed by atoms with Crippen molar-refractivity contribution in [2.75, 3.05) is 6.54 Å². The van der Waals surface area contributed by atoms with E-state index in [2.05, 4.69) is 41.5 Å². The monoisotopic (exact) mass is 258 g/mol. The Balaban J connectivity index is -0.000000720. The summed E-state index contributed by atoms with van der Waals surface area (Å²) < 4.78 is 0. The van der Waals surface area contributed by atoms with Gasteiger partial charge in [-0.3, -0.25) is 0 Å². The highest BCUT2D eigenvalue weighted by atomic mass is 35.5. The summed E-state index contributed by atoms with van der Waals surface area (Å²) in [5.41, 5.74) is 12.1. The van der Waals surface area contributed by atoms with E-state index in [0.717, 1.165) is 6.42 Å². The van der Waals surface area contributed by atoms with Crippen molar-refractivity contribution in [1.29, 1.82) is 0 Å². The lowest BCUT2D eigenvalue weighted by molar-refractivity contribution is 0.0534. The molecule has 0 aliphatic carbocycles. The van der Waals surface area contributed by atoms with Crippen LogP contribution in [0.1, 0.15) is 48.0 Å². The van der Waals surface area contributed by atoms with Gasteiger partial charge in [0.1, 0.15) is 0 Å². The minimum atomic E-state index is -0.200. The Bertz CT molecular complexity index is 154. The van der Waals surface area contributed by atoms with E-state index in [4.69, 9.17) is 11.5 Å². The number of hydrogen-bond acceptors (Lipinski definition) is 2. The van der Waals surface area contributed by atoms with Gasteiger partial charge in [0.2, 0.25) is 0 Å². The maximum atomic E-state index is 6.48. The Morgan fingerprint density at radius 2 is 1.07 bits per heavy atom. The Labute approximate surface area is 107 Å². The lowest BCUT2D eigenvalue weighted by Crippen LogP contribution is -2.61. The highest BCUT2D eigenvalue weighted by Crippen LogP contribution is 2.43. The molecule has 0 bridgehead atoms. The fourth-order valence-corrected chi connectivity index (χ4v) is 2.10. The molecule has 4 heteroatoms. The maximum absolute atomic E-state index is 6.48. The standard InChI is InChI=1S/C11H26N2.2ClH/c1-9(2,3)11(13,7-8-12)10(4,5)6;;/h7-8,12-13H2,1-6H3;2*1H. The van der Waals surface area contributed by atoms with Gasteiger partial charge in [0.05, 0.1) is 0 Å². The van der Waals surface area contributed by atoms with Crippen LogP contribution in [0.4, 0.5) is 0 Å². The first-order valence-electron chi connectivity index (χ1n) is 5.05. The number of rotatable bonds is 2. The Morgan fingerprint density at radius 1 is 0.800 bits per heavy atom. The van der Waals surface area contributed by atoms with Crippen LogP contribution < -0.4 is 11.5 Å². The van der Waals surface area contributed by atoms with Gasteiger partial charge in [0.25, 0.3) is 0 Å². The molecule has 0 rings (SSSR count). The van der Waals surface area contributed by atoms with E-state index in [1.54, 1.807) is 0 Å². The van der Waals surface area contributed by atoms with Crippen LogP contribution in [0.15, 0.2) is 0 Å². The van der Waals surface area contributed by atoms with Crippen molar-refractivity contribution in [3.63, 3.8) is 0 Å². The van der Waals surface area contributed by atoms with E-state index >= 15 is 0 Å². The normalized spacial score (nSPS) is 12.8.